The van der Waals surface area contributed by atoms with Crippen molar-refractivity contribution in [2.75, 3.05) is 6.61 Å². The number of nitrogens with zero attached hydrogens (tertiary/aromatic N) is 3. The van der Waals surface area contributed by atoms with E-state index in [9.17, 15) is 4.79 Å². The summed E-state index contributed by atoms with van der Waals surface area (Å²) in [5, 5.41) is 15.6. The zero-order chi connectivity index (χ0) is 12.2. The van der Waals surface area contributed by atoms with Gasteiger partial charge in [-0.3, -0.25) is 4.79 Å². The van der Waals surface area contributed by atoms with E-state index in [-0.39, 0.29) is 12.5 Å². The molecule has 1 amide bonds. The van der Waals surface area contributed by atoms with Gasteiger partial charge in [-0.25, -0.2) is 9.67 Å². The molecule has 0 bridgehead atoms. The van der Waals surface area contributed by atoms with Gasteiger partial charge in [-0.2, -0.15) is 5.10 Å². The second-order valence-corrected chi connectivity index (χ2v) is 4.40. The van der Waals surface area contributed by atoms with Gasteiger partial charge in [0.1, 0.15) is 18.7 Å². The van der Waals surface area contributed by atoms with Crippen molar-refractivity contribution in [3.05, 3.63) is 12.7 Å². The fourth-order valence-electron chi connectivity index (χ4n) is 1.32. The third kappa shape index (κ3) is 3.30. The molecule has 90 valence electrons. The summed E-state index contributed by atoms with van der Waals surface area (Å²) in [4.78, 5) is 15.6. The van der Waals surface area contributed by atoms with Crippen molar-refractivity contribution in [1.82, 2.24) is 20.1 Å². The third-order valence-electron chi connectivity index (χ3n) is 2.41. The standard InChI is InChI=1S/C10H18N4O2/c1-8(14-7-11-6-12-14)9(16)13-10(2,3)4-5-15/h6-8,15H,4-5H2,1-3H3,(H,13,16). The van der Waals surface area contributed by atoms with Gasteiger partial charge < -0.3 is 10.4 Å². The van der Waals surface area contributed by atoms with Gasteiger partial charge in [0.25, 0.3) is 0 Å². The summed E-state index contributed by atoms with van der Waals surface area (Å²) < 4.78 is 1.49. The van der Waals surface area contributed by atoms with Gasteiger partial charge in [0.15, 0.2) is 0 Å². The molecule has 2 N–H and O–H groups in total. The summed E-state index contributed by atoms with van der Waals surface area (Å²) in [5.41, 5.74) is -0.416. The van der Waals surface area contributed by atoms with Gasteiger partial charge in [0.2, 0.25) is 5.91 Å². The minimum Gasteiger partial charge on any atom is -0.396 e. The Hall–Kier alpha value is -1.43. The Morgan fingerprint density at radius 3 is 2.81 bits per heavy atom. The van der Waals surface area contributed by atoms with E-state index < -0.39 is 11.6 Å². The lowest BCUT2D eigenvalue weighted by atomic mass is 10.0. The van der Waals surface area contributed by atoms with E-state index in [1.54, 1.807) is 6.92 Å². The number of carbonyl (C=O) groups excluding carboxylic acids is 1. The van der Waals surface area contributed by atoms with Gasteiger partial charge in [-0.15, -0.1) is 0 Å². The van der Waals surface area contributed by atoms with Crippen LogP contribution in [0.5, 0.6) is 0 Å². The molecule has 16 heavy (non-hydrogen) atoms. The highest BCUT2D eigenvalue weighted by molar-refractivity contribution is 5.80. The molecule has 1 rings (SSSR count). The minimum absolute atomic E-state index is 0.0466. The van der Waals surface area contributed by atoms with Crippen molar-refractivity contribution >= 4 is 5.91 Å². The molecule has 1 heterocycles. The fourth-order valence-corrected chi connectivity index (χ4v) is 1.32. The van der Waals surface area contributed by atoms with Crippen LogP contribution < -0.4 is 5.32 Å². The zero-order valence-corrected chi connectivity index (χ0v) is 9.84. The lowest BCUT2D eigenvalue weighted by Crippen LogP contribution is -2.46. The molecule has 6 nitrogen and oxygen atoms in total. The molecule has 1 aromatic rings. The molecule has 1 aromatic heterocycles. The van der Waals surface area contributed by atoms with Crippen molar-refractivity contribution in [3.63, 3.8) is 0 Å². The average Bonchev–Trinajstić information content (AvgIpc) is 2.68. The summed E-state index contributed by atoms with van der Waals surface area (Å²) in [6, 6.07) is -0.402. The van der Waals surface area contributed by atoms with Gasteiger partial charge in [-0.1, -0.05) is 0 Å². The van der Waals surface area contributed by atoms with Gasteiger partial charge in [0, 0.05) is 12.1 Å². The topological polar surface area (TPSA) is 80.0 Å². The summed E-state index contributed by atoms with van der Waals surface area (Å²) >= 11 is 0. The minimum atomic E-state index is -0.416. The maximum atomic E-state index is 11.9. The van der Waals surface area contributed by atoms with E-state index in [4.69, 9.17) is 5.11 Å². The first-order chi connectivity index (χ1) is 7.46. The van der Waals surface area contributed by atoms with Crippen LogP contribution in [0.3, 0.4) is 0 Å². The molecule has 0 aliphatic heterocycles. The summed E-state index contributed by atoms with van der Waals surface area (Å²) in [6.45, 7) is 5.54. The van der Waals surface area contributed by atoms with E-state index in [1.165, 1.54) is 17.3 Å². The van der Waals surface area contributed by atoms with Gasteiger partial charge in [0.05, 0.1) is 0 Å². The lowest BCUT2D eigenvalue weighted by Gasteiger charge is -2.27. The number of carbonyl (C=O) groups is 1. The van der Waals surface area contributed by atoms with E-state index in [0.29, 0.717) is 6.42 Å². The van der Waals surface area contributed by atoms with Crippen LogP contribution in [-0.4, -0.2) is 37.9 Å². The van der Waals surface area contributed by atoms with E-state index in [2.05, 4.69) is 15.4 Å². The van der Waals surface area contributed by atoms with Crippen molar-refractivity contribution in [3.8, 4) is 0 Å². The molecular weight excluding hydrogens is 208 g/mol. The number of rotatable bonds is 5. The van der Waals surface area contributed by atoms with E-state index in [0.717, 1.165) is 0 Å². The Balaban J connectivity index is 2.59. The molecule has 0 aromatic carbocycles. The first-order valence-electron chi connectivity index (χ1n) is 5.23. The first kappa shape index (κ1) is 12.6. The highest BCUT2D eigenvalue weighted by atomic mass is 16.3. The average molecular weight is 226 g/mol. The maximum Gasteiger partial charge on any atom is 0.245 e. The predicted octanol–water partition coefficient (Wildman–Crippen LogP) is 0.116. The normalized spacial score (nSPS) is 13.5. The quantitative estimate of drug-likeness (QED) is 0.747. The number of aliphatic hydroxyl groups excluding tert-OH is 1. The molecule has 0 saturated carbocycles. The summed E-state index contributed by atoms with van der Waals surface area (Å²) in [5.74, 6) is -0.135. The van der Waals surface area contributed by atoms with Crippen LogP contribution >= 0.6 is 0 Å². The summed E-state index contributed by atoms with van der Waals surface area (Å²) in [7, 11) is 0. The number of aromatic nitrogens is 3. The smallest absolute Gasteiger partial charge is 0.245 e. The third-order valence-corrected chi connectivity index (χ3v) is 2.41. The second kappa shape index (κ2) is 5.07. The van der Waals surface area contributed by atoms with Crippen LogP contribution in [0.25, 0.3) is 0 Å². The van der Waals surface area contributed by atoms with Crippen molar-refractivity contribution in [1.29, 1.82) is 0 Å². The highest BCUT2D eigenvalue weighted by Crippen LogP contribution is 2.10. The Morgan fingerprint density at radius 1 is 1.62 bits per heavy atom. The van der Waals surface area contributed by atoms with Crippen LogP contribution in [0, 0.1) is 0 Å². The SMILES string of the molecule is CC(C(=O)NC(C)(C)CCO)n1cncn1. The van der Waals surface area contributed by atoms with Crippen LogP contribution in [0.4, 0.5) is 0 Å². The van der Waals surface area contributed by atoms with Gasteiger partial charge in [-0.05, 0) is 27.2 Å². The summed E-state index contributed by atoms with van der Waals surface area (Å²) in [6.07, 6.45) is 3.41. The Kier molecular flexibility index (Phi) is 4.00. The fraction of sp³-hybridized carbons (Fsp3) is 0.700. The molecule has 0 saturated heterocycles. The van der Waals surface area contributed by atoms with Crippen molar-refractivity contribution in [2.45, 2.75) is 38.8 Å². The highest BCUT2D eigenvalue weighted by Gasteiger charge is 2.24. The Labute approximate surface area is 94.7 Å². The number of nitrogens with one attached hydrogen (secondary N) is 1. The molecule has 0 aliphatic carbocycles. The molecular formula is C10H18N4O2. The maximum absolute atomic E-state index is 11.9. The van der Waals surface area contributed by atoms with Gasteiger partial charge >= 0.3 is 0 Å². The Morgan fingerprint density at radius 2 is 2.31 bits per heavy atom. The van der Waals surface area contributed by atoms with Crippen molar-refractivity contribution < 1.29 is 9.90 Å². The zero-order valence-electron chi connectivity index (χ0n) is 9.84. The van der Waals surface area contributed by atoms with Crippen LogP contribution in [0.1, 0.15) is 33.2 Å². The van der Waals surface area contributed by atoms with Crippen LogP contribution in [-0.2, 0) is 4.79 Å². The van der Waals surface area contributed by atoms with Crippen LogP contribution in [0.15, 0.2) is 12.7 Å². The lowest BCUT2D eigenvalue weighted by molar-refractivity contribution is -0.125. The molecule has 0 radical (unpaired) electrons. The second-order valence-electron chi connectivity index (χ2n) is 4.40. The predicted molar refractivity (Wildman–Crippen MR) is 58.7 cm³/mol. The van der Waals surface area contributed by atoms with E-state index >= 15 is 0 Å². The molecule has 6 heteroatoms. The number of hydrogen-bond donors (Lipinski definition) is 2. The monoisotopic (exact) mass is 226 g/mol. The number of amides is 1. The van der Waals surface area contributed by atoms with E-state index in [1.807, 2.05) is 13.8 Å². The molecule has 0 aliphatic rings. The largest absolute Gasteiger partial charge is 0.396 e. The molecule has 1 atom stereocenters. The molecule has 0 spiro atoms. The molecule has 1 unspecified atom stereocenters. The van der Waals surface area contributed by atoms with Crippen LogP contribution in [0.2, 0.25) is 0 Å². The Bertz CT molecular complexity index is 335. The number of hydrogen-bond acceptors (Lipinski definition) is 4. The number of aliphatic hydroxyl groups is 1. The molecule has 0 fully saturated rings. The van der Waals surface area contributed by atoms with Crippen molar-refractivity contribution in [2.24, 2.45) is 0 Å². The first-order valence-corrected chi connectivity index (χ1v) is 5.23.